The summed E-state index contributed by atoms with van der Waals surface area (Å²) in [5, 5.41) is 17.2. The van der Waals surface area contributed by atoms with Gasteiger partial charge >= 0.3 is 13.6 Å². The molecule has 3 fully saturated rings. The van der Waals surface area contributed by atoms with E-state index in [0.29, 0.717) is 0 Å². The van der Waals surface area contributed by atoms with Crippen molar-refractivity contribution < 1.29 is 38.5 Å². The van der Waals surface area contributed by atoms with E-state index in [4.69, 9.17) is 29.1 Å². The van der Waals surface area contributed by atoms with Crippen molar-refractivity contribution >= 4 is 13.6 Å². The molecule has 3 aliphatic heterocycles. The van der Waals surface area contributed by atoms with E-state index in [0.717, 1.165) is 78.9 Å². The van der Waals surface area contributed by atoms with Crippen molar-refractivity contribution in [3.8, 4) is 0 Å². The Morgan fingerprint density at radius 1 is 0.731 bits per heavy atom. The van der Waals surface area contributed by atoms with E-state index in [1.807, 2.05) is 0 Å². The van der Waals surface area contributed by atoms with Crippen molar-refractivity contribution in [3.05, 3.63) is 0 Å². The average Bonchev–Trinajstić information content (AvgIpc) is 2.65. The van der Waals surface area contributed by atoms with Gasteiger partial charge in [0.25, 0.3) is 0 Å². The standard InChI is InChI=1S/3C4H9NO.C2H5O5P/c3*1-3-6-4-2-5-1;3-2(4)1-8(5,6)7/h3*5H,1-4H2;1H2,(H,3,4)(H2,5,6,7). The van der Waals surface area contributed by atoms with Crippen molar-refractivity contribution in [1.29, 1.82) is 0 Å². The van der Waals surface area contributed by atoms with E-state index in [1.165, 1.54) is 0 Å². The number of nitrogens with one attached hydrogen (secondary N) is 3. The Labute approximate surface area is 153 Å². The number of carboxylic acids is 1. The molecule has 3 heterocycles. The van der Waals surface area contributed by atoms with Crippen LogP contribution in [0.3, 0.4) is 0 Å². The number of rotatable bonds is 2. The lowest BCUT2D eigenvalue weighted by molar-refractivity contribution is -0.134. The largest absolute Gasteiger partial charge is 0.481 e. The summed E-state index contributed by atoms with van der Waals surface area (Å²) < 4.78 is 24.8. The molecular formula is C14H32N3O8P. The van der Waals surface area contributed by atoms with Crippen LogP contribution in [-0.2, 0) is 23.6 Å². The van der Waals surface area contributed by atoms with Crippen LogP contribution in [0, 0.1) is 0 Å². The van der Waals surface area contributed by atoms with Gasteiger partial charge in [-0.05, 0) is 0 Å². The molecule has 0 bridgehead atoms. The Morgan fingerprint density at radius 2 is 1.00 bits per heavy atom. The highest BCUT2D eigenvalue weighted by molar-refractivity contribution is 7.52. The molecule has 0 spiro atoms. The van der Waals surface area contributed by atoms with Gasteiger partial charge in [0.2, 0.25) is 0 Å². The monoisotopic (exact) mass is 401 g/mol. The molecule has 0 unspecified atom stereocenters. The van der Waals surface area contributed by atoms with Gasteiger partial charge in [0, 0.05) is 39.3 Å². The van der Waals surface area contributed by atoms with Crippen LogP contribution in [0.15, 0.2) is 0 Å². The van der Waals surface area contributed by atoms with E-state index in [1.54, 1.807) is 0 Å². The van der Waals surface area contributed by atoms with Gasteiger partial charge in [0.1, 0.15) is 6.16 Å². The molecule has 3 rings (SSSR count). The minimum atomic E-state index is -4.32. The van der Waals surface area contributed by atoms with Gasteiger partial charge in [0.05, 0.1) is 39.6 Å². The lowest BCUT2D eigenvalue weighted by Gasteiger charge is -2.10. The topological polar surface area (TPSA) is 159 Å². The zero-order chi connectivity index (χ0) is 19.5. The van der Waals surface area contributed by atoms with E-state index < -0.39 is 19.7 Å². The third-order valence-electron chi connectivity index (χ3n) is 2.88. The lowest BCUT2D eigenvalue weighted by Crippen LogP contribution is -2.30. The first-order valence-corrected chi connectivity index (χ1v) is 10.3. The fraction of sp³-hybridized carbons (Fsp3) is 0.929. The molecule has 0 aromatic carbocycles. The van der Waals surface area contributed by atoms with Crippen LogP contribution in [0.1, 0.15) is 0 Å². The predicted octanol–water partition coefficient (Wildman–Crippen LogP) is -1.93. The van der Waals surface area contributed by atoms with E-state index >= 15 is 0 Å². The first-order chi connectivity index (χ1) is 12.4. The fourth-order valence-electron chi connectivity index (χ4n) is 1.72. The molecule has 3 aliphatic rings. The summed E-state index contributed by atoms with van der Waals surface area (Å²) in [5.74, 6) is -1.49. The highest BCUT2D eigenvalue weighted by Crippen LogP contribution is 2.33. The predicted molar refractivity (Wildman–Crippen MR) is 95.6 cm³/mol. The second-order valence-corrected chi connectivity index (χ2v) is 6.95. The maximum Gasteiger partial charge on any atom is 0.336 e. The molecule has 6 N–H and O–H groups in total. The Morgan fingerprint density at radius 3 is 1.04 bits per heavy atom. The molecule has 0 atom stereocenters. The number of aliphatic carboxylic acids is 1. The summed E-state index contributed by atoms with van der Waals surface area (Å²) >= 11 is 0. The Hall–Kier alpha value is -0.620. The fourth-order valence-corrected chi connectivity index (χ4v) is 2.08. The first-order valence-electron chi connectivity index (χ1n) is 8.53. The summed E-state index contributed by atoms with van der Waals surface area (Å²) in [6, 6.07) is 0. The maximum atomic E-state index is 9.76. The number of ether oxygens (including phenoxy) is 3. The highest BCUT2D eigenvalue weighted by Gasteiger charge is 2.17. The van der Waals surface area contributed by atoms with E-state index in [-0.39, 0.29) is 0 Å². The zero-order valence-corrected chi connectivity index (χ0v) is 15.9. The molecule has 3 saturated heterocycles. The van der Waals surface area contributed by atoms with Crippen LogP contribution in [0.25, 0.3) is 0 Å². The summed E-state index contributed by atoms with van der Waals surface area (Å²) in [5.41, 5.74) is 0. The normalized spacial score (nSPS) is 20.1. The number of hydrogen-bond donors (Lipinski definition) is 6. The van der Waals surface area contributed by atoms with Crippen molar-refractivity contribution in [1.82, 2.24) is 16.0 Å². The van der Waals surface area contributed by atoms with Gasteiger partial charge in [-0.25, -0.2) is 0 Å². The minimum Gasteiger partial charge on any atom is -0.481 e. The molecule has 0 amide bonds. The molecule has 0 aromatic rings. The Kier molecular flexibility index (Phi) is 17.4. The van der Waals surface area contributed by atoms with Crippen molar-refractivity contribution in [3.63, 3.8) is 0 Å². The van der Waals surface area contributed by atoms with E-state index in [2.05, 4.69) is 16.0 Å². The minimum absolute atomic E-state index is 0.889. The lowest BCUT2D eigenvalue weighted by atomic mass is 10.5. The van der Waals surface area contributed by atoms with Gasteiger partial charge in [-0.15, -0.1) is 0 Å². The van der Waals surface area contributed by atoms with Crippen molar-refractivity contribution in [2.75, 3.05) is 85.1 Å². The maximum absolute atomic E-state index is 9.76. The molecule has 0 aromatic heterocycles. The first kappa shape index (κ1) is 25.4. The molecule has 26 heavy (non-hydrogen) atoms. The number of morpholine rings is 3. The average molecular weight is 401 g/mol. The van der Waals surface area contributed by atoms with E-state index in [9.17, 15) is 9.36 Å². The molecule has 0 radical (unpaired) electrons. The molecule has 156 valence electrons. The number of hydrogen-bond acceptors (Lipinski definition) is 8. The van der Waals surface area contributed by atoms with Crippen molar-refractivity contribution in [2.45, 2.75) is 0 Å². The van der Waals surface area contributed by atoms with Gasteiger partial charge in [0.15, 0.2) is 0 Å². The third-order valence-corrected chi connectivity index (χ3v) is 3.56. The van der Waals surface area contributed by atoms with Crippen LogP contribution in [0.5, 0.6) is 0 Å². The summed E-state index contributed by atoms with van der Waals surface area (Å²) in [6.45, 7) is 11.5. The summed E-state index contributed by atoms with van der Waals surface area (Å²) in [4.78, 5) is 25.4. The van der Waals surface area contributed by atoms with Crippen LogP contribution >= 0.6 is 7.60 Å². The quantitative estimate of drug-likeness (QED) is 0.286. The van der Waals surface area contributed by atoms with Crippen LogP contribution in [0.2, 0.25) is 0 Å². The summed E-state index contributed by atoms with van der Waals surface area (Å²) in [6.07, 6.45) is -1.09. The number of carbonyl (C=O) groups is 1. The van der Waals surface area contributed by atoms with Crippen LogP contribution in [0.4, 0.5) is 0 Å². The summed E-state index contributed by atoms with van der Waals surface area (Å²) in [7, 11) is -4.32. The van der Waals surface area contributed by atoms with Gasteiger partial charge in [-0.3, -0.25) is 9.36 Å². The van der Waals surface area contributed by atoms with Gasteiger partial charge in [-0.2, -0.15) is 0 Å². The molecule has 11 nitrogen and oxygen atoms in total. The van der Waals surface area contributed by atoms with Gasteiger partial charge in [-0.1, -0.05) is 0 Å². The van der Waals surface area contributed by atoms with Crippen LogP contribution in [-0.4, -0.2) is 106 Å². The smallest absolute Gasteiger partial charge is 0.336 e. The molecular weight excluding hydrogens is 369 g/mol. The SMILES string of the molecule is C1COCCN1.C1COCCN1.C1COCCN1.O=C(O)CP(=O)(O)O. The molecule has 0 saturated carbocycles. The van der Waals surface area contributed by atoms with Gasteiger partial charge < -0.3 is 45.1 Å². The third kappa shape index (κ3) is 23.4. The molecule has 12 heteroatoms. The Bertz CT molecular complexity index is 308. The number of carboxylic acid groups (broad SMARTS) is 1. The zero-order valence-electron chi connectivity index (χ0n) is 15.0. The Balaban J connectivity index is 0.000000322. The second kappa shape index (κ2) is 17.8. The van der Waals surface area contributed by atoms with Crippen LogP contribution < -0.4 is 16.0 Å². The molecule has 0 aliphatic carbocycles. The van der Waals surface area contributed by atoms with Crippen molar-refractivity contribution in [2.24, 2.45) is 0 Å². The highest BCUT2D eigenvalue weighted by atomic mass is 31.2. The second-order valence-electron chi connectivity index (χ2n) is 5.30.